The molecule has 2 aromatic rings. The van der Waals surface area contributed by atoms with Crippen LogP contribution in [0.2, 0.25) is 0 Å². The molecule has 1 aliphatic rings. The van der Waals surface area contributed by atoms with Crippen LogP contribution in [0.4, 0.5) is 5.69 Å². The van der Waals surface area contributed by atoms with E-state index >= 15 is 0 Å². The third-order valence-electron chi connectivity index (χ3n) is 4.23. The maximum atomic E-state index is 12.9. The molecule has 5 nitrogen and oxygen atoms in total. The van der Waals surface area contributed by atoms with Crippen LogP contribution in [0.15, 0.2) is 66.2 Å². The Labute approximate surface area is 173 Å². The Hall–Kier alpha value is -2.64. The molecule has 2 aromatic carbocycles. The zero-order chi connectivity index (χ0) is 20.1. The fraction of sp³-hybridized carbons (Fsp3) is 0.190. The van der Waals surface area contributed by atoms with E-state index in [-0.39, 0.29) is 10.7 Å². The van der Waals surface area contributed by atoms with Crippen LogP contribution >= 0.6 is 24.0 Å². The predicted molar refractivity (Wildman–Crippen MR) is 117 cm³/mol. The van der Waals surface area contributed by atoms with Gasteiger partial charge in [-0.25, -0.2) is 0 Å². The highest BCUT2D eigenvalue weighted by Crippen LogP contribution is 2.26. The maximum absolute atomic E-state index is 12.9. The number of carbonyl (C=O) groups is 2. The SMILES string of the molecule is CSC(C)C/C=C1/C(=O)NC(=S)N(c2ccc(Oc3ccccc3)cc2)C1=O. The molecule has 0 aliphatic carbocycles. The van der Waals surface area contributed by atoms with Crippen molar-refractivity contribution in [2.75, 3.05) is 11.2 Å². The second kappa shape index (κ2) is 9.03. The zero-order valence-electron chi connectivity index (χ0n) is 15.5. The summed E-state index contributed by atoms with van der Waals surface area (Å²) in [5.41, 5.74) is 0.679. The van der Waals surface area contributed by atoms with E-state index in [1.807, 2.05) is 43.5 Å². The summed E-state index contributed by atoms with van der Waals surface area (Å²) in [6.45, 7) is 2.04. The number of anilines is 1. The van der Waals surface area contributed by atoms with Crippen molar-refractivity contribution in [1.29, 1.82) is 0 Å². The average molecular weight is 413 g/mol. The minimum Gasteiger partial charge on any atom is -0.457 e. The van der Waals surface area contributed by atoms with Crippen molar-refractivity contribution in [3.63, 3.8) is 0 Å². The normalized spacial score (nSPS) is 16.9. The third kappa shape index (κ3) is 4.61. The number of hydrogen-bond acceptors (Lipinski definition) is 5. The molecule has 1 heterocycles. The maximum Gasteiger partial charge on any atom is 0.269 e. The molecule has 28 heavy (non-hydrogen) atoms. The number of rotatable bonds is 6. The topological polar surface area (TPSA) is 58.6 Å². The van der Waals surface area contributed by atoms with Gasteiger partial charge in [0.05, 0.1) is 5.69 Å². The lowest BCUT2D eigenvalue weighted by molar-refractivity contribution is -0.122. The van der Waals surface area contributed by atoms with Gasteiger partial charge < -0.3 is 4.74 Å². The first-order valence-electron chi connectivity index (χ1n) is 8.75. The summed E-state index contributed by atoms with van der Waals surface area (Å²) in [6, 6.07) is 16.4. The highest BCUT2D eigenvalue weighted by Gasteiger charge is 2.34. The molecule has 3 rings (SSSR count). The van der Waals surface area contributed by atoms with Gasteiger partial charge in [-0.1, -0.05) is 31.2 Å². The Bertz CT molecular complexity index is 911. The van der Waals surface area contributed by atoms with Gasteiger partial charge in [-0.2, -0.15) is 11.8 Å². The lowest BCUT2D eigenvalue weighted by Crippen LogP contribution is -2.54. The van der Waals surface area contributed by atoms with E-state index in [4.69, 9.17) is 17.0 Å². The number of benzene rings is 2. The Morgan fingerprint density at radius 1 is 1.11 bits per heavy atom. The summed E-state index contributed by atoms with van der Waals surface area (Å²) in [5, 5.41) is 2.98. The Kier molecular flexibility index (Phi) is 6.49. The lowest BCUT2D eigenvalue weighted by Gasteiger charge is -2.29. The number of hydrogen-bond donors (Lipinski definition) is 1. The van der Waals surface area contributed by atoms with Crippen LogP contribution in [0.25, 0.3) is 0 Å². The molecule has 1 aliphatic heterocycles. The van der Waals surface area contributed by atoms with E-state index in [0.717, 1.165) is 5.75 Å². The number of nitrogens with one attached hydrogen (secondary N) is 1. The molecule has 2 amide bonds. The van der Waals surface area contributed by atoms with Crippen molar-refractivity contribution < 1.29 is 14.3 Å². The second-order valence-corrected chi connectivity index (χ2v) is 7.87. The van der Waals surface area contributed by atoms with E-state index in [1.54, 1.807) is 42.1 Å². The lowest BCUT2D eigenvalue weighted by atomic mass is 10.1. The molecule has 1 fully saturated rings. The number of carbonyl (C=O) groups excluding carboxylic acids is 2. The fourth-order valence-corrected chi connectivity index (χ4v) is 3.18. The van der Waals surface area contributed by atoms with E-state index in [1.165, 1.54) is 4.90 Å². The molecule has 1 saturated heterocycles. The van der Waals surface area contributed by atoms with Gasteiger partial charge in [0.1, 0.15) is 17.1 Å². The number of nitrogens with zero attached hydrogens (tertiary/aromatic N) is 1. The van der Waals surface area contributed by atoms with Gasteiger partial charge >= 0.3 is 0 Å². The summed E-state index contributed by atoms with van der Waals surface area (Å²) in [4.78, 5) is 26.4. The summed E-state index contributed by atoms with van der Waals surface area (Å²) in [7, 11) is 0. The number of thioether (sulfide) groups is 1. The van der Waals surface area contributed by atoms with Gasteiger partial charge in [-0.3, -0.25) is 19.8 Å². The molecule has 0 radical (unpaired) electrons. The van der Waals surface area contributed by atoms with Crippen molar-refractivity contribution in [1.82, 2.24) is 5.32 Å². The third-order valence-corrected chi connectivity index (χ3v) is 5.51. The standard InChI is InChI=1S/C21H20N2O3S2/c1-14(28-2)8-13-18-19(24)22-21(27)23(20(18)25)15-9-11-17(12-10-15)26-16-6-4-3-5-7-16/h3-7,9-14H,8H2,1-2H3,(H,22,24,27)/b18-13-. The van der Waals surface area contributed by atoms with Crippen LogP contribution in [0, 0.1) is 0 Å². The smallest absolute Gasteiger partial charge is 0.269 e. The van der Waals surface area contributed by atoms with E-state index in [2.05, 4.69) is 5.32 Å². The van der Waals surface area contributed by atoms with Gasteiger partial charge in [0, 0.05) is 5.25 Å². The van der Waals surface area contributed by atoms with Gasteiger partial charge in [-0.15, -0.1) is 0 Å². The van der Waals surface area contributed by atoms with E-state index < -0.39 is 11.8 Å². The first kappa shape index (κ1) is 20.1. The molecular weight excluding hydrogens is 392 g/mol. The van der Waals surface area contributed by atoms with Gasteiger partial charge in [0.2, 0.25) is 0 Å². The number of ether oxygens (including phenoxy) is 1. The second-order valence-electron chi connectivity index (χ2n) is 6.21. The summed E-state index contributed by atoms with van der Waals surface area (Å²) in [6.07, 6.45) is 4.30. The molecule has 0 bridgehead atoms. The van der Waals surface area contributed by atoms with Crippen LogP contribution in [0.5, 0.6) is 11.5 Å². The molecule has 144 valence electrons. The van der Waals surface area contributed by atoms with Crippen LogP contribution in [-0.2, 0) is 9.59 Å². The summed E-state index contributed by atoms with van der Waals surface area (Å²) >= 11 is 6.90. The monoisotopic (exact) mass is 412 g/mol. The Morgan fingerprint density at radius 2 is 1.75 bits per heavy atom. The minimum absolute atomic E-state index is 0.0711. The van der Waals surface area contributed by atoms with Crippen molar-refractivity contribution >= 4 is 46.6 Å². The largest absolute Gasteiger partial charge is 0.457 e. The van der Waals surface area contributed by atoms with Gasteiger partial charge in [0.15, 0.2) is 5.11 Å². The van der Waals surface area contributed by atoms with Gasteiger partial charge in [0.25, 0.3) is 11.8 Å². The number of allylic oxidation sites excluding steroid dienone is 1. The quantitative estimate of drug-likeness (QED) is 0.436. The average Bonchev–Trinajstić information content (AvgIpc) is 2.69. The zero-order valence-corrected chi connectivity index (χ0v) is 17.2. The number of para-hydroxylation sites is 1. The van der Waals surface area contributed by atoms with Crippen LogP contribution < -0.4 is 15.0 Å². The molecule has 7 heteroatoms. The highest BCUT2D eigenvalue weighted by atomic mass is 32.2. The van der Waals surface area contributed by atoms with Gasteiger partial charge in [-0.05, 0) is 61.3 Å². The summed E-state index contributed by atoms with van der Waals surface area (Å²) < 4.78 is 5.77. The van der Waals surface area contributed by atoms with Crippen molar-refractivity contribution in [3.8, 4) is 11.5 Å². The van der Waals surface area contributed by atoms with Crippen LogP contribution in [0.3, 0.4) is 0 Å². The highest BCUT2D eigenvalue weighted by molar-refractivity contribution is 7.99. The van der Waals surface area contributed by atoms with Crippen LogP contribution in [0.1, 0.15) is 13.3 Å². The Morgan fingerprint density at radius 3 is 2.39 bits per heavy atom. The van der Waals surface area contributed by atoms with Crippen LogP contribution in [-0.4, -0.2) is 28.4 Å². The molecule has 0 saturated carbocycles. The van der Waals surface area contributed by atoms with E-state index in [0.29, 0.717) is 23.1 Å². The summed E-state index contributed by atoms with van der Waals surface area (Å²) in [5.74, 6) is 0.488. The van der Waals surface area contributed by atoms with Crippen molar-refractivity contribution in [2.45, 2.75) is 18.6 Å². The molecule has 1 unspecified atom stereocenters. The first-order chi connectivity index (χ1) is 13.5. The molecule has 0 aromatic heterocycles. The van der Waals surface area contributed by atoms with Crippen molar-refractivity contribution in [3.05, 3.63) is 66.2 Å². The van der Waals surface area contributed by atoms with E-state index in [9.17, 15) is 9.59 Å². The molecule has 1 atom stereocenters. The minimum atomic E-state index is -0.455. The molecule has 0 spiro atoms. The van der Waals surface area contributed by atoms with Crippen molar-refractivity contribution in [2.24, 2.45) is 0 Å². The number of thiocarbonyl (C=S) groups is 1. The number of amides is 2. The first-order valence-corrected chi connectivity index (χ1v) is 10.4. The molecular formula is C21H20N2O3S2. The predicted octanol–water partition coefficient (Wildman–Crippen LogP) is 4.29. The fourth-order valence-electron chi connectivity index (χ4n) is 2.61. The Balaban J connectivity index is 1.80. The molecule has 1 N–H and O–H groups in total.